The first-order chi connectivity index (χ1) is 9.47. The van der Waals surface area contributed by atoms with Crippen molar-refractivity contribution in [1.82, 2.24) is 0 Å². The first-order valence-corrected chi connectivity index (χ1v) is 6.49. The minimum absolute atomic E-state index is 0.248. The normalized spacial score (nSPS) is 10.3. The number of anilines is 1. The van der Waals surface area contributed by atoms with E-state index in [1.165, 1.54) is 6.07 Å². The lowest BCUT2D eigenvalue weighted by molar-refractivity contribution is 0.1000. The van der Waals surface area contributed by atoms with Gasteiger partial charge in [0.1, 0.15) is 12.4 Å². The highest BCUT2D eigenvalue weighted by Crippen LogP contribution is 2.26. The van der Waals surface area contributed by atoms with E-state index in [0.29, 0.717) is 27.0 Å². The Balaban J connectivity index is 2.10. The van der Waals surface area contributed by atoms with Gasteiger partial charge in [0.25, 0.3) is 0 Å². The fourth-order valence-corrected chi connectivity index (χ4v) is 1.98. The number of halogens is 2. The molecule has 0 bridgehead atoms. The summed E-state index contributed by atoms with van der Waals surface area (Å²) < 4.78 is 5.57. The summed E-state index contributed by atoms with van der Waals surface area (Å²) in [5.41, 5.74) is 12.4. The van der Waals surface area contributed by atoms with Gasteiger partial charge in [-0.25, -0.2) is 0 Å². The molecule has 4 N–H and O–H groups in total. The highest BCUT2D eigenvalue weighted by molar-refractivity contribution is 6.33. The Kier molecular flexibility index (Phi) is 4.37. The standard InChI is InChI=1S/C14H12Cl2N2O2/c15-11-5-8(14(18)19)1-2-9(11)7-20-10-3-4-13(17)12(16)6-10/h1-6H,7,17H2,(H2,18,19). The molecule has 0 aliphatic heterocycles. The predicted molar refractivity (Wildman–Crippen MR) is 80.2 cm³/mol. The van der Waals surface area contributed by atoms with E-state index in [1.807, 2.05) is 0 Å². The van der Waals surface area contributed by atoms with Crippen molar-refractivity contribution in [2.75, 3.05) is 5.73 Å². The fraction of sp³-hybridized carbons (Fsp3) is 0.0714. The molecule has 0 radical (unpaired) electrons. The van der Waals surface area contributed by atoms with Gasteiger partial charge in [-0.15, -0.1) is 0 Å². The molecule has 0 aliphatic rings. The molecule has 0 aliphatic carbocycles. The lowest BCUT2D eigenvalue weighted by atomic mass is 10.1. The molecular weight excluding hydrogens is 299 g/mol. The molecular formula is C14H12Cl2N2O2. The number of hydrogen-bond donors (Lipinski definition) is 2. The van der Waals surface area contributed by atoms with Crippen LogP contribution in [0.15, 0.2) is 36.4 Å². The molecule has 0 spiro atoms. The van der Waals surface area contributed by atoms with Crippen LogP contribution in [-0.2, 0) is 6.61 Å². The van der Waals surface area contributed by atoms with Crippen LogP contribution in [0.25, 0.3) is 0 Å². The Hall–Kier alpha value is -1.91. The van der Waals surface area contributed by atoms with E-state index in [2.05, 4.69) is 0 Å². The van der Waals surface area contributed by atoms with Crippen LogP contribution in [0.1, 0.15) is 15.9 Å². The zero-order valence-electron chi connectivity index (χ0n) is 10.4. The quantitative estimate of drug-likeness (QED) is 0.851. The molecule has 1 amide bonds. The maximum atomic E-state index is 11.0. The van der Waals surface area contributed by atoms with Crippen LogP contribution in [0.5, 0.6) is 5.75 Å². The van der Waals surface area contributed by atoms with Crippen molar-refractivity contribution in [3.63, 3.8) is 0 Å². The number of hydrogen-bond acceptors (Lipinski definition) is 3. The van der Waals surface area contributed by atoms with Crippen LogP contribution in [0.2, 0.25) is 10.0 Å². The number of carbonyl (C=O) groups is 1. The average molecular weight is 311 g/mol. The van der Waals surface area contributed by atoms with Gasteiger partial charge < -0.3 is 16.2 Å². The van der Waals surface area contributed by atoms with E-state index >= 15 is 0 Å². The number of nitrogens with two attached hydrogens (primary N) is 2. The Morgan fingerprint density at radius 2 is 1.85 bits per heavy atom. The third-order valence-electron chi connectivity index (χ3n) is 2.70. The van der Waals surface area contributed by atoms with E-state index in [9.17, 15) is 4.79 Å². The molecule has 0 fully saturated rings. The predicted octanol–water partition coefficient (Wildman–Crippen LogP) is 3.25. The molecule has 2 aromatic rings. The van der Waals surface area contributed by atoms with Crippen molar-refractivity contribution < 1.29 is 9.53 Å². The molecule has 2 rings (SSSR count). The summed E-state index contributed by atoms with van der Waals surface area (Å²) in [5, 5.41) is 0.848. The smallest absolute Gasteiger partial charge is 0.248 e. The monoisotopic (exact) mass is 310 g/mol. The Morgan fingerprint density at radius 3 is 2.45 bits per heavy atom. The lowest BCUT2D eigenvalue weighted by Gasteiger charge is -2.09. The molecule has 2 aromatic carbocycles. The molecule has 0 heterocycles. The minimum Gasteiger partial charge on any atom is -0.489 e. The third kappa shape index (κ3) is 3.35. The number of primary amides is 1. The van der Waals surface area contributed by atoms with Gasteiger partial charge in [-0.3, -0.25) is 4.79 Å². The second-order valence-corrected chi connectivity index (χ2v) is 4.96. The molecule has 4 nitrogen and oxygen atoms in total. The number of benzene rings is 2. The summed E-state index contributed by atoms with van der Waals surface area (Å²) in [6.45, 7) is 0.248. The second-order valence-electron chi connectivity index (χ2n) is 4.14. The highest BCUT2D eigenvalue weighted by Gasteiger charge is 2.07. The fourth-order valence-electron chi connectivity index (χ4n) is 1.58. The number of carbonyl (C=O) groups excluding carboxylic acids is 1. The zero-order chi connectivity index (χ0) is 14.7. The van der Waals surface area contributed by atoms with Gasteiger partial charge in [0.05, 0.1) is 10.7 Å². The minimum atomic E-state index is -0.523. The Morgan fingerprint density at radius 1 is 1.10 bits per heavy atom. The van der Waals surface area contributed by atoms with Gasteiger partial charge in [0, 0.05) is 22.2 Å². The van der Waals surface area contributed by atoms with Gasteiger partial charge in [-0.05, 0) is 24.3 Å². The molecule has 0 atom stereocenters. The van der Waals surface area contributed by atoms with Crippen LogP contribution < -0.4 is 16.2 Å². The van der Waals surface area contributed by atoms with Gasteiger partial charge in [-0.2, -0.15) is 0 Å². The van der Waals surface area contributed by atoms with E-state index in [-0.39, 0.29) is 6.61 Å². The first kappa shape index (κ1) is 14.5. The molecule has 104 valence electrons. The topological polar surface area (TPSA) is 78.3 Å². The van der Waals surface area contributed by atoms with Crippen molar-refractivity contribution in [2.24, 2.45) is 5.73 Å². The van der Waals surface area contributed by atoms with Crippen LogP contribution in [0.3, 0.4) is 0 Å². The summed E-state index contributed by atoms with van der Waals surface area (Å²) in [5.74, 6) is 0.0592. The number of amides is 1. The van der Waals surface area contributed by atoms with Gasteiger partial charge in [0.15, 0.2) is 0 Å². The summed E-state index contributed by atoms with van der Waals surface area (Å²) in [6, 6.07) is 9.81. The second kappa shape index (κ2) is 6.03. The number of ether oxygens (including phenoxy) is 1. The Labute approximate surface area is 126 Å². The average Bonchev–Trinajstić information content (AvgIpc) is 2.41. The molecule has 0 saturated heterocycles. The van der Waals surface area contributed by atoms with Crippen molar-refractivity contribution in [1.29, 1.82) is 0 Å². The van der Waals surface area contributed by atoms with Crippen LogP contribution in [-0.4, -0.2) is 5.91 Å². The first-order valence-electron chi connectivity index (χ1n) is 5.73. The van der Waals surface area contributed by atoms with Gasteiger partial charge in [-0.1, -0.05) is 29.3 Å². The van der Waals surface area contributed by atoms with Crippen LogP contribution in [0, 0.1) is 0 Å². The number of rotatable bonds is 4. The summed E-state index contributed by atoms with van der Waals surface area (Å²) in [6.07, 6.45) is 0. The summed E-state index contributed by atoms with van der Waals surface area (Å²) >= 11 is 12.0. The molecule has 0 unspecified atom stereocenters. The SMILES string of the molecule is NC(=O)c1ccc(COc2ccc(N)c(Cl)c2)c(Cl)c1. The van der Waals surface area contributed by atoms with Crippen LogP contribution >= 0.6 is 23.2 Å². The van der Waals surface area contributed by atoms with Crippen molar-refractivity contribution in [2.45, 2.75) is 6.61 Å². The van der Waals surface area contributed by atoms with E-state index in [1.54, 1.807) is 30.3 Å². The van der Waals surface area contributed by atoms with E-state index < -0.39 is 5.91 Å². The van der Waals surface area contributed by atoms with E-state index in [0.717, 1.165) is 5.56 Å². The van der Waals surface area contributed by atoms with Gasteiger partial charge in [0.2, 0.25) is 5.91 Å². The lowest BCUT2D eigenvalue weighted by Crippen LogP contribution is -2.11. The van der Waals surface area contributed by atoms with Gasteiger partial charge >= 0.3 is 0 Å². The molecule has 0 saturated carbocycles. The van der Waals surface area contributed by atoms with Crippen molar-refractivity contribution >= 4 is 34.8 Å². The highest BCUT2D eigenvalue weighted by atomic mass is 35.5. The maximum absolute atomic E-state index is 11.0. The van der Waals surface area contributed by atoms with Crippen molar-refractivity contribution in [3.8, 4) is 5.75 Å². The van der Waals surface area contributed by atoms with Crippen LogP contribution in [0.4, 0.5) is 5.69 Å². The van der Waals surface area contributed by atoms with E-state index in [4.69, 9.17) is 39.4 Å². The largest absolute Gasteiger partial charge is 0.489 e. The Bertz CT molecular complexity index is 660. The molecule has 20 heavy (non-hydrogen) atoms. The zero-order valence-corrected chi connectivity index (χ0v) is 11.9. The molecule has 0 aromatic heterocycles. The summed E-state index contributed by atoms with van der Waals surface area (Å²) in [4.78, 5) is 11.0. The third-order valence-corrected chi connectivity index (χ3v) is 3.38. The molecule has 6 heteroatoms. The van der Waals surface area contributed by atoms with Crippen molar-refractivity contribution in [3.05, 3.63) is 57.6 Å². The maximum Gasteiger partial charge on any atom is 0.248 e. The summed E-state index contributed by atoms with van der Waals surface area (Å²) in [7, 11) is 0. The number of nitrogen functional groups attached to an aromatic ring is 1.